The van der Waals surface area contributed by atoms with Crippen LogP contribution in [0, 0.1) is 11.7 Å². The Bertz CT molecular complexity index is 915. The summed E-state index contributed by atoms with van der Waals surface area (Å²) in [6.45, 7) is 0.404. The van der Waals surface area contributed by atoms with Crippen molar-refractivity contribution in [2.45, 2.75) is 12.8 Å². The van der Waals surface area contributed by atoms with Gasteiger partial charge < -0.3 is 9.88 Å². The average Bonchev–Trinajstić information content (AvgIpc) is 3.41. The number of carbonyl (C=O) groups is 1. The van der Waals surface area contributed by atoms with E-state index in [1.54, 1.807) is 18.2 Å². The van der Waals surface area contributed by atoms with Crippen LogP contribution in [-0.4, -0.2) is 17.1 Å². The molecule has 1 amide bonds. The number of benzene rings is 1. The van der Waals surface area contributed by atoms with Gasteiger partial charge in [-0.2, -0.15) is 4.39 Å². The first-order chi connectivity index (χ1) is 12.4. The number of nitrogens with one attached hydrogen (secondary N) is 2. The largest absolute Gasteiger partial charge is 0.351 e. The first kappa shape index (κ1) is 18.9. The maximum absolute atomic E-state index is 14.6. The van der Waals surface area contributed by atoms with Crippen LogP contribution in [0.1, 0.15) is 23.2 Å². The minimum atomic E-state index is -1.08. The van der Waals surface area contributed by atoms with Gasteiger partial charge in [-0.1, -0.05) is 27.5 Å². The lowest BCUT2D eigenvalue weighted by Gasteiger charge is -2.15. The van der Waals surface area contributed by atoms with Crippen LogP contribution in [0.2, 0.25) is 5.02 Å². The van der Waals surface area contributed by atoms with Gasteiger partial charge in [0.25, 0.3) is 11.5 Å². The molecule has 1 aromatic heterocycles. The van der Waals surface area contributed by atoms with E-state index in [-0.39, 0.29) is 11.3 Å². The predicted octanol–water partition coefficient (Wildman–Crippen LogP) is 3.76. The predicted molar refractivity (Wildman–Crippen MR) is 100 cm³/mol. The van der Waals surface area contributed by atoms with Crippen LogP contribution in [0.15, 0.2) is 33.7 Å². The van der Waals surface area contributed by atoms with Gasteiger partial charge in [-0.05, 0) is 37.0 Å². The molecule has 2 aromatic rings. The molecule has 1 aliphatic carbocycles. The Kier molecular flexibility index (Phi) is 5.64. The Balaban J connectivity index is 1.92. The molecule has 26 heavy (non-hydrogen) atoms. The van der Waals surface area contributed by atoms with E-state index in [9.17, 15) is 14.0 Å². The third-order valence-electron chi connectivity index (χ3n) is 3.94. The third-order valence-corrected chi connectivity index (χ3v) is 4.74. The molecule has 0 unspecified atom stereocenters. The SMILES string of the molecule is Cn1cc(C(=O)NOCC2CC2)c(Nc2ccc(Br)cc2Cl)c(F)c1=O. The van der Waals surface area contributed by atoms with Crippen LogP contribution in [0.25, 0.3) is 0 Å². The highest BCUT2D eigenvalue weighted by Crippen LogP contribution is 2.31. The van der Waals surface area contributed by atoms with E-state index < -0.39 is 17.3 Å². The summed E-state index contributed by atoms with van der Waals surface area (Å²) in [5.41, 5.74) is 1.46. The fraction of sp³-hybridized carbons (Fsp3) is 0.294. The molecule has 6 nitrogen and oxygen atoms in total. The smallest absolute Gasteiger partial charge is 0.288 e. The quantitative estimate of drug-likeness (QED) is 0.666. The summed E-state index contributed by atoms with van der Waals surface area (Å²) in [5, 5.41) is 3.04. The van der Waals surface area contributed by atoms with E-state index in [0.29, 0.717) is 23.2 Å². The van der Waals surface area contributed by atoms with Gasteiger partial charge in [-0.3, -0.25) is 14.4 Å². The zero-order valence-electron chi connectivity index (χ0n) is 13.8. The average molecular weight is 445 g/mol. The first-order valence-electron chi connectivity index (χ1n) is 7.90. The molecule has 1 aromatic carbocycles. The number of anilines is 2. The Morgan fingerprint density at radius 2 is 2.19 bits per heavy atom. The second kappa shape index (κ2) is 7.77. The minimum Gasteiger partial charge on any atom is -0.351 e. The van der Waals surface area contributed by atoms with Crippen molar-refractivity contribution in [2.75, 3.05) is 11.9 Å². The van der Waals surface area contributed by atoms with Crippen LogP contribution in [0.5, 0.6) is 0 Å². The summed E-state index contributed by atoms with van der Waals surface area (Å²) >= 11 is 9.42. The van der Waals surface area contributed by atoms with E-state index in [4.69, 9.17) is 16.4 Å². The van der Waals surface area contributed by atoms with E-state index in [1.165, 1.54) is 13.2 Å². The molecule has 1 aliphatic rings. The number of aryl methyl sites for hydroxylation is 1. The molecule has 0 spiro atoms. The van der Waals surface area contributed by atoms with Gasteiger partial charge in [0.1, 0.15) is 0 Å². The van der Waals surface area contributed by atoms with Crippen LogP contribution < -0.4 is 16.4 Å². The van der Waals surface area contributed by atoms with Crippen molar-refractivity contribution in [3.63, 3.8) is 0 Å². The number of rotatable bonds is 6. The Morgan fingerprint density at radius 1 is 1.46 bits per heavy atom. The third kappa shape index (κ3) is 4.25. The van der Waals surface area contributed by atoms with Gasteiger partial charge in [0, 0.05) is 17.7 Å². The molecular formula is C17H16BrClFN3O3. The number of hydrogen-bond acceptors (Lipinski definition) is 4. The molecule has 9 heteroatoms. The maximum Gasteiger partial charge on any atom is 0.288 e. The zero-order valence-corrected chi connectivity index (χ0v) is 16.2. The lowest BCUT2D eigenvalue weighted by molar-refractivity contribution is 0.0270. The minimum absolute atomic E-state index is 0.0700. The zero-order chi connectivity index (χ0) is 18.8. The second-order valence-corrected chi connectivity index (χ2v) is 7.41. The van der Waals surface area contributed by atoms with Gasteiger partial charge >= 0.3 is 0 Å². The summed E-state index contributed by atoms with van der Waals surface area (Å²) in [7, 11) is 1.36. The van der Waals surface area contributed by atoms with Crippen molar-refractivity contribution in [1.82, 2.24) is 10.0 Å². The number of carbonyl (C=O) groups excluding carboxylic acids is 1. The molecule has 138 valence electrons. The monoisotopic (exact) mass is 443 g/mol. The topological polar surface area (TPSA) is 72.4 Å². The summed E-state index contributed by atoms with van der Waals surface area (Å²) in [6.07, 6.45) is 3.38. The Hall–Kier alpha value is -1.90. The van der Waals surface area contributed by atoms with Crippen molar-refractivity contribution >= 4 is 44.8 Å². The fourth-order valence-electron chi connectivity index (χ4n) is 2.28. The van der Waals surface area contributed by atoms with Gasteiger partial charge in [0.2, 0.25) is 5.82 Å². The van der Waals surface area contributed by atoms with Crippen LogP contribution in [-0.2, 0) is 11.9 Å². The first-order valence-corrected chi connectivity index (χ1v) is 9.07. The molecule has 1 saturated carbocycles. The molecule has 0 bridgehead atoms. The van der Waals surface area contributed by atoms with E-state index in [2.05, 4.69) is 26.7 Å². The van der Waals surface area contributed by atoms with E-state index in [1.807, 2.05) is 0 Å². The van der Waals surface area contributed by atoms with Crippen molar-refractivity contribution in [3.05, 3.63) is 55.6 Å². The van der Waals surface area contributed by atoms with Crippen molar-refractivity contribution < 1.29 is 14.0 Å². The summed E-state index contributed by atoms with van der Waals surface area (Å²) in [6, 6.07) is 4.92. The van der Waals surface area contributed by atoms with Crippen molar-refractivity contribution in [3.8, 4) is 0 Å². The molecule has 0 radical (unpaired) electrons. The van der Waals surface area contributed by atoms with Crippen LogP contribution in [0.4, 0.5) is 15.8 Å². The fourth-order valence-corrected chi connectivity index (χ4v) is 3.00. The highest BCUT2D eigenvalue weighted by molar-refractivity contribution is 9.10. The number of amides is 1. The van der Waals surface area contributed by atoms with Gasteiger partial charge in [-0.15, -0.1) is 0 Å². The summed E-state index contributed by atoms with van der Waals surface area (Å²) in [5.74, 6) is -1.29. The number of halogens is 3. The number of aromatic nitrogens is 1. The van der Waals surface area contributed by atoms with Crippen LogP contribution >= 0.6 is 27.5 Å². The van der Waals surface area contributed by atoms with Crippen LogP contribution in [0.3, 0.4) is 0 Å². The molecule has 1 heterocycles. The summed E-state index contributed by atoms with van der Waals surface area (Å²) in [4.78, 5) is 29.5. The highest BCUT2D eigenvalue weighted by Gasteiger charge is 2.24. The number of hydrogen-bond donors (Lipinski definition) is 2. The van der Waals surface area contributed by atoms with Crippen molar-refractivity contribution in [2.24, 2.45) is 13.0 Å². The van der Waals surface area contributed by atoms with E-state index >= 15 is 0 Å². The lowest BCUT2D eigenvalue weighted by atomic mass is 10.2. The highest BCUT2D eigenvalue weighted by atomic mass is 79.9. The Morgan fingerprint density at radius 3 is 2.85 bits per heavy atom. The standard InChI is InChI=1S/C17H16BrClFN3O3/c1-23-7-11(16(24)22-26-8-9-2-3-9)15(14(20)17(23)25)21-13-5-4-10(18)6-12(13)19/h4-7,9,21H,2-3,8H2,1H3,(H,22,24). The number of pyridine rings is 1. The number of hydroxylamine groups is 1. The molecule has 2 N–H and O–H groups in total. The second-order valence-electron chi connectivity index (χ2n) is 6.08. The maximum atomic E-state index is 14.6. The van der Waals surface area contributed by atoms with Gasteiger partial charge in [0.05, 0.1) is 28.6 Å². The van der Waals surface area contributed by atoms with Gasteiger partial charge in [0.15, 0.2) is 0 Å². The van der Waals surface area contributed by atoms with Gasteiger partial charge in [-0.25, -0.2) is 5.48 Å². The molecular weight excluding hydrogens is 429 g/mol. The Labute approximate surface area is 162 Å². The molecule has 1 fully saturated rings. The van der Waals surface area contributed by atoms with Crippen molar-refractivity contribution in [1.29, 1.82) is 0 Å². The normalized spacial score (nSPS) is 13.5. The molecule has 0 atom stereocenters. The summed E-state index contributed by atoms with van der Waals surface area (Å²) < 4.78 is 16.3. The molecule has 3 rings (SSSR count). The lowest BCUT2D eigenvalue weighted by Crippen LogP contribution is -2.30. The number of nitrogens with zero attached hydrogens (tertiary/aromatic N) is 1. The molecule has 0 aliphatic heterocycles. The van der Waals surface area contributed by atoms with E-state index in [0.717, 1.165) is 21.9 Å². The molecule has 0 saturated heterocycles.